The third-order valence-electron chi connectivity index (χ3n) is 6.45. The molecule has 0 amide bonds. The Bertz CT molecular complexity index is 920. The first-order valence-corrected chi connectivity index (χ1v) is 11.8. The van der Waals surface area contributed by atoms with E-state index in [9.17, 15) is 4.39 Å². The van der Waals surface area contributed by atoms with Gasteiger partial charge in [-0.2, -0.15) is 15.0 Å². The average molecular weight is 460 g/mol. The Labute approximate surface area is 194 Å². The summed E-state index contributed by atoms with van der Waals surface area (Å²) in [7, 11) is 1.45. The summed E-state index contributed by atoms with van der Waals surface area (Å²) in [5.74, 6) is 1.08. The molecule has 4 N–H and O–H groups in total. The van der Waals surface area contributed by atoms with Crippen LogP contribution in [0, 0.1) is 11.7 Å². The van der Waals surface area contributed by atoms with Crippen molar-refractivity contribution in [3.8, 4) is 5.75 Å². The van der Waals surface area contributed by atoms with Gasteiger partial charge in [0.05, 0.1) is 7.11 Å². The van der Waals surface area contributed by atoms with Gasteiger partial charge >= 0.3 is 0 Å². The normalized spacial score (nSPS) is 19.9. The largest absolute Gasteiger partial charge is 0.494 e. The van der Waals surface area contributed by atoms with Crippen molar-refractivity contribution in [3.05, 3.63) is 24.0 Å². The number of rotatable bonds is 9. The number of benzene rings is 1. The fraction of sp³-hybridized carbons (Fsp3) is 0.609. The van der Waals surface area contributed by atoms with Crippen LogP contribution >= 0.6 is 0 Å². The van der Waals surface area contributed by atoms with Gasteiger partial charge in [-0.3, -0.25) is 0 Å². The third-order valence-corrected chi connectivity index (χ3v) is 6.45. The van der Waals surface area contributed by atoms with Crippen molar-refractivity contribution in [2.75, 3.05) is 49.4 Å². The Kier molecular flexibility index (Phi) is 7.77. The van der Waals surface area contributed by atoms with Crippen LogP contribution in [0.4, 0.5) is 27.9 Å². The minimum atomic E-state index is -0.439. The number of anilines is 4. The standard InChI is InChI=1S/C23H34FN7O2/c1-3-18(19-5-4-10-26-19)27-22-28-21(25)29-23(30-22)31(14-15-8-11-33-12-9-15)16-6-7-20(32-2)17(24)13-16/h6-7,13,15,18-19,26H,3-5,8-12,14H2,1-2H3,(H3,25,27,28,29,30). The molecule has 10 heteroatoms. The molecule has 1 aromatic carbocycles. The topological polar surface area (TPSA) is 110 Å². The van der Waals surface area contributed by atoms with E-state index in [2.05, 4.69) is 27.5 Å². The van der Waals surface area contributed by atoms with Crippen molar-refractivity contribution in [2.24, 2.45) is 5.92 Å². The second-order valence-corrected chi connectivity index (χ2v) is 8.66. The molecule has 33 heavy (non-hydrogen) atoms. The number of halogens is 1. The number of nitrogens with one attached hydrogen (secondary N) is 2. The van der Waals surface area contributed by atoms with Crippen LogP contribution < -0.4 is 26.0 Å². The van der Waals surface area contributed by atoms with Gasteiger partial charge in [0.2, 0.25) is 17.8 Å². The molecule has 0 bridgehead atoms. The highest BCUT2D eigenvalue weighted by Crippen LogP contribution is 2.31. The van der Waals surface area contributed by atoms with Crippen LogP contribution in [0.15, 0.2) is 18.2 Å². The van der Waals surface area contributed by atoms with Crippen LogP contribution in [0.3, 0.4) is 0 Å². The Morgan fingerprint density at radius 2 is 2.09 bits per heavy atom. The molecular formula is C23H34FN7O2. The minimum absolute atomic E-state index is 0.127. The number of aromatic nitrogens is 3. The van der Waals surface area contributed by atoms with Crippen molar-refractivity contribution < 1.29 is 13.9 Å². The summed E-state index contributed by atoms with van der Waals surface area (Å²) in [5.41, 5.74) is 6.74. The van der Waals surface area contributed by atoms with E-state index in [1.807, 2.05) is 11.0 Å². The highest BCUT2D eigenvalue weighted by molar-refractivity contribution is 5.60. The van der Waals surface area contributed by atoms with Crippen molar-refractivity contribution >= 4 is 23.5 Å². The smallest absolute Gasteiger partial charge is 0.236 e. The van der Waals surface area contributed by atoms with E-state index >= 15 is 0 Å². The van der Waals surface area contributed by atoms with Crippen LogP contribution in [-0.2, 0) is 4.74 Å². The average Bonchev–Trinajstić information content (AvgIpc) is 3.36. The first-order chi connectivity index (χ1) is 16.1. The van der Waals surface area contributed by atoms with E-state index in [1.165, 1.54) is 13.2 Å². The minimum Gasteiger partial charge on any atom is -0.494 e. The molecular weight excluding hydrogens is 425 g/mol. The van der Waals surface area contributed by atoms with Gasteiger partial charge in [-0.05, 0) is 56.7 Å². The molecule has 2 atom stereocenters. The number of hydrogen-bond acceptors (Lipinski definition) is 9. The predicted molar refractivity (Wildman–Crippen MR) is 126 cm³/mol. The molecule has 2 fully saturated rings. The molecule has 180 valence electrons. The molecule has 0 radical (unpaired) electrons. The van der Waals surface area contributed by atoms with Crippen LogP contribution in [0.1, 0.15) is 39.0 Å². The lowest BCUT2D eigenvalue weighted by atomic mass is 9.99. The maximum Gasteiger partial charge on any atom is 0.236 e. The molecule has 0 spiro atoms. The van der Waals surface area contributed by atoms with Crippen LogP contribution in [0.2, 0.25) is 0 Å². The van der Waals surface area contributed by atoms with Gasteiger partial charge in [-0.1, -0.05) is 6.92 Å². The second-order valence-electron chi connectivity index (χ2n) is 8.66. The van der Waals surface area contributed by atoms with E-state index < -0.39 is 5.82 Å². The first-order valence-electron chi connectivity index (χ1n) is 11.8. The van der Waals surface area contributed by atoms with Crippen LogP contribution in [0.5, 0.6) is 5.75 Å². The lowest BCUT2D eigenvalue weighted by Gasteiger charge is -2.30. The molecule has 4 rings (SSSR count). The zero-order valence-electron chi connectivity index (χ0n) is 19.4. The molecule has 2 saturated heterocycles. The van der Waals surface area contributed by atoms with E-state index in [-0.39, 0.29) is 17.7 Å². The predicted octanol–water partition coefficient (Wildman–Crippen LogP) is 3.11. The highest BCUT2D eigenvalue weighted by atomic mass is 19.1. The van der Waals surface area contributed by atoms with Crippen LogP contribution in [0.25, 0.3) is 0 Å². The van der Waals surface area contributed by atoms with Crippen LogP contribution in [-0.4, -0.2) is 60.4 Å². The van der Waals surface area contributed by atoms with Gasteiger partial charge < -0.3 is 30.7 Å². The number of hydrogen-bond donors (Lipinski definition) is 3. The SMILES string of the molecule is CCC(Nc1nc(N)nc(N(CC2CCOCC2)c2ccc(OC)c(F)c2)n1)C1CCCN1. The van der Waals surface area contributed by atoms with E-state index in [4.69, 9.17) is 20.2 Å². The number of ether oxygens (including phenoxy) is 2. The summed E-state index contributed by atoms with van der Waals surface area (Å²) in [6.45, 7) is 5.22. The summed E-state index contributed by atoms with van der Waals surface area (Å²) in [6.07, 6.45) is 5.04. The zero-order valence-corrected chi connectivity index (χ0v) is 19.4. The first kappa shape index (κ1) is 23.4. The Morgan fingerprint density at radius 1 is 1.27 bits per heavy atom. The van der Waals surface area contributed by atoms with Gasteiger partial charge in [-0.25, -0.2) is 4.39 Å². The van der Waals surface area contributed by atoms with Crippen molar-refractivity contribution in [1.82, 2.24) is 20.3 Å². The maximum absolute atomic E-state index is 14.6. The number of nitrogens with zero attached hydrogens (tertiary/aromatic N) is 4. The molecule has 1 aromatic heterocycles. The fourth-order valence-corrected chi connectivity index (χ4v) is 4.59. The van der Waals surface area contributed by atoms with E-state index in [0.29, 0.717) is 49.3 Å². The van der Waals surface area contributed by atoms with Crippen molar-refractivity contribution in [3.63, 3.8) is 0 Å². The van der Waals surface area contributed by atoms with Crippen molar-refractivity contribution in [2.45, 2.75) is 51.1 Å². The van der Waals surface area contributed by atoms with Gasteiger partial charge in [0.1, 0.15) is 0 Å². The Balaban J connectivity index is 1.64. The molecule has 2 aliphatic rings. The maximum atomic E-state index is 14.6. The third kappa shape index (κ3) is 5.80. The Hall–Kier alpha value is -2.72. The monoisotopic (exact) mass is 459 g/mol. The van der Waals surface area contributed by atoms with Crippen molar-refractivity contribution in [1.29, 1.82) is 0 Å². The van der Waals surface area contributed by atoms with Gasteiger partial charge in [0.15, 0.2) is 11.6 Å². The Morgan fingerprint density at radius 3 is 2.76 bits per heavy atom. The molecule has 0 aliphatic carbocycles. The molecule has 2 aromatic rings. The molecule has 2 aliphatic heterocycles. The quantitative estimate of drug-likeness (QED) is 0.521. The lowest BCUT2D eigenvalue weighted by molar-refractivity contribution is 0.0687. The zero-order chi connectivity index (χ0) is 23.2. The summed E-state index contributed by atoms with van der Waals surface area (Å²) in [5, 5.41) is 6.98. The summed E-state index contributed by atoms with van der Waals surface area (Å²) in [4.78, 5) is 15.4. The van der Waals surface area contributed by atoms with Gasteiger partial charge in [0, 0.05) is 43.6 Å². The number of nitrogen functional groups attached to an aromatic ring is 1. The van der Waals surface area contributed by atoms with Gasteiger partial charge in [-0.15, -0.1) is 0 Å². The molecule has 9 nitrogen and oxygen atoms in total. The number of methoxy groups -OCH3 is 1. The molecule has 0 saturated carbocycles. The highest BCUT2D eigenvalue weighted by Gasteiger charge is 2.26. The molecule has 3 heterocycles. The van der Waals surface area contributed by atoms with Gasteiger partial charge in [0.25, 0.3) is 0 Å². The fourth-order valence-electron chi connectivity index (χ4n) is 4.59. The van der Waals surface area contributed by atoms with E-state index in [0.717, 1.165) is 38.6 Å². The second kappa shape index (κ2) is 10.9. The lowest BCUT2D eigenvalue weighted by Crippen LogP contribution is -2.40. The molecule has 2 unspecified atom stereocenters. The summed E-state index contributed by atoms with van der Waals surface area (Å²) in [6, 6.07) is 5.42. The summed E-state index contributed by atoms with van der Waals surface area (Å²) >= 11 is 0. The van der Waals surface area contributed by atoms with E-state index in [1.54, 1.807) is 6.07 Å². The summed E-state index contributed by atoms with van der Waals surface area (Å²) < 4.78 is 25.2. The number of nitrogens with two attached hydrogens (primary N) is 1.